The molecule has 2 rings (SSSR count). The second-order valence-corrected chi connectivity index (χ2v) is 3.71. The van der Waals surface area contributed by atoms with Gasteiger partial charge in [0, 0.05) is 11.1 Å². The van der Waals surface area contributed by atoms with Gasteiger partial charge < -0.3 is 21.3 Å². The molecule has 2 aromatic rings. The van der Waals surface area contributed by atoms with Crippen LogP contribution in [0.25, 0.3) is 10.9 Å². The van der Waals surface area contributed by atoms with Gasteiger partial charge in [-0.05, 0) is 18.2 Å². The van der Waals surface area contributed by atoms with Crippen LogP contribution in [0.1, 0.15) is 0 Å². The van der Waals surface area contributed by atoms with Crippen molar-refractivity contribution in [3.05, 3.63) is 24.5 Å². The molecule has 1 heterocycles. The van der Waals surface area contributed by atoms with E-state index >= 15 is 0 Å². The minimum Gasteiger partial charge on any atom is -0.399 e. The number of anilines is 2. The number of nitrogens with one attached hydrogen (secondary N) is 1. The summed E-state index contributed by atoms with van der Waals surface area (Å²) in [5.41, 5.74) is 7.01. The number of nitrogens with two attached hydrogens (primary N) is 1. The molecule has 1 aromatic carbocycles. The number of hydrogen-bond donors (Lipinski definition) is 4. The first kappa shape index (κ1) is 11.6. The zero-order chi connectivity index (χ0) is 12.3. The van der Waals surface area contributed by atoms with E-state index in [0.717, 1.165) is 10.9 Å². The highest BCUT2D eigenvalue weighted by molar-refractivity contribution is 5.90. The zero-order valence-corrected chi connectivity index (χ0v) is 9.17. The summed E-state index contributed by atoms with van der Waals surface area (Å²) in [6.45, 7) is -0.339. The van der Waals surface area contributed by atoms with Crippen LogP contribution in [0, 0.1) is 0 Å². The van der Waals surface area contributed by atoms with Crippen LogP contribution in [-0.4, -0.2) is 39.4 Å². The monoisotopic (exact) mass is 234 g/mol. The molecule has 0 atom stereocenters. The quantitative estimate of drug-likeness (QED) is 0.554. The maximum atomic E-state index is 9.02. The Morgan fingerprint density at radius 1 is 1.24 bits per heavy atom. The fraction of sp³-hybridized carbons (Fsp3) is 0.273. The van der Waals surface area contributed by atoms with E-state index in [2.05, 4.69) is 15.3 Å². The van der Waals surface area contributed by atoms with Crippen molar-refractivity contribution >= 4 is 22.4 Å². The van der Waals surface area contributed by atoms with Crippen molar-refractivity contribution in [2.24, 2.45) is 0 Å². The largest absolute Gasteiger partial charge is 0.399 e. The van der Waals surface area contributed by atoms with E-state index in [-0.39, 0.29) is 13.2 Å². The second-order valence-electron chi connectivity index (χ2n) is 3.71. The molecule has 0 unspecified atom stereocenters. The summed E-state index contributed by atoms with van der Waals surface area (Å²) in [6.07, 6.45) is 1.41. The van der Waals surface area contributed by atoms with Crippen molar-refractivity contribution in [2.45, 2.75) is 6.04 Å². The summed E-state index contributed by atoms with van der Waals surface area (Å²) in [5.74, 6) is 0.572. The van der Waals surface area contributed by atoms with Gasteiger partial charge in [-0.25, -0.2) is 9.97 Å². The SMILES string of the molecule is Nc1ccc2c(NC(CO)CO)ncnc2c1. The molecular formula is C11H14N4O2. The maximum Gasteiger partial charge on any atom is 0.137 e. The molecule has 6 heteroatoms. The normalized spacial score (nSPS) is 11.0. The van der Waals surface area contributed by atoms with Crippen LogP contribution >= 0.6 is 0 Å². The lowest BCUT2D eigenvalue weighted by atomic mass is 10.2. The van der Waals surface area contributed by atoms with Gasteiger partial charge in [-0.2, -0.15) is 0 Å². The Morgan fingerprint density at radius 2 is 2.00 bits per heavy atom. The predicted molar refractivity (Wildman–Crippen MR) is 65.5 cm³/mol. The molecule has 0 bridgehead atoms. The van der Waals surface area contributed by atoms with Gasteiger partial charge in [-0.3, -0.25) is 0 Å². The summed E-state index contributed by atoms with van der Waals surface area (Å²) in [4.78, 5) is 8.19. The zero-order valence-electron chi connectivity index (χ0n) is 9.17. The Labute approximate surface area is 98.1 Å². The first-order valence-electron chi connectivity index (χ1n) is 5.23. The molecule has 0 fully saturated rings. The topological polar surface area (TPSA) is 104 Å². The van der Waals surface area contributed by atoms with Crippen molar-refractivity contribution in [3.8, 4) is 0 Å². The standard InChI is InChI=1S/C11H14N4O2/c12-7-1-2-9-10(3-7)13-6-14-11(9)15-8(4-16)5-17/h1-3,6,8,16-17H,4-5,12H2,(H,13,14,15). The lowest BCUT2D eigenvalue weighted by Crippen LogP contribution is -2.28. The van der Waals surface area contributed by atoms with E-state index in [1.54, 1.807) is 18.2 Å². The molecule has 0 aliphatic rings. The van der Waals surface area contributed by atoms with E-state index < -0.39 is 6.04 Å². The van der Waals surface area contributed by atoms with Gasteiger partial charge in [0.05, 0.1) is 24.8 Å². The number of hydrogen-bond acceptors (Lipinski definition) is 6. The van der Waals surface area contributed by atoms with Gasteiger partial charge in [0.15, 0.2) is 0 Å². The number of aromatic nitrogens is 2. The van der Waals surface area contributed by atoms with Crippen LogP contribution in [0.15, 0.2) is 24.5 Å². The molecule has 0 aliphatic heterocycles. The van der Waals surface area contributed by atoms with Crippen molar-refractivity contribution in [3.63, 3.8) is 0 Å². The molecular weight excluding hydrogens is 220 g/mol. The third-order valence-corrected chi connectivity index (χ3v) is 2.44. The number of rotatable bonds is 4. The van der Waals surface area contributed by atoms with Crippen LogP contribution in [0.3, 0.4) is 0 Å². The number of aliphatic hydroxyl groups is 2. The number of aliphatic hydroxyl groups excluding tert-OH is 2. The first-order valence-corrected chi connectivity index (χ1v) is 5.23. The highest BCUT2D eigenvalue weighted by Gasteiger charge is 2.09. The molecule has 0 aliphatic carbocycles. The summed E-state index contributed by atoms with van der Waals surface area (Å²) in [7, 11) is 0. The minimum absolute atomic E-state index is 0.170. The van der Waals surface area contributed by atoms with Crippen LogP contribution < -0.4 is 11.1 Å². The molecule has 17 heavy (non-hydrogen) atoms. The third kappa shape index (κ3) is 2.43. The Morgan fingerprint density at radius 3 is 2.71 bits per heavy atom. The summed E-state index contributed by atoms with van der Waals surface area (Å²) >= 11 is 0. The molecule has 0 saturated carbocycles. The van der Waals surface area contributed by atoms with Gasteiger partial charge in [-0.15, -0.1) is 0 Å². The first-order chi connectivity index (χ1) is 8.24. The van der Waals surface area contributed by atoms with Gasteiger partial charge >= 0.3 is 0 Å². The Hall–Kier alpha value is -1.92. The average molecular weight is 234 g/mol. The summed E-state index contributed by atoms with van der Waals surface area (Å²) in [6, 6.07) is 4.86. The van der Waals surface area contributed by atoms with Crippen molar-refractivity contribution in [1.29, 1.82) is 0 Å². The van der Waals surface area contributed by atoms with E-state index in [1.807, 2.05) is 0 Å². The van der Waals surface area contributed by atoms with E-state index in [4.69, 9.17) is 15.9 Å². The Bertz CT molecular complexity index is 514. The van der Waals surface area contributed by atoms with Crippen LogP contribution in [-0.2, 0) is 0 Å². The highest BCUT2D eigenvalue weighted by Crippen LogP contribution is 2.21. The number of nitrogens with zero attached hydrogens (tertiary/aromatic N) is 2. The van der Waals surface area contributed by atoms with Crippen LogP contribution in [0.2, 0.25) is 0 Å². The van der Waals surface area contributed by atoms with Crippen molar-refractivity contribution in [1.82, 2.24) is 9.97 Å². The maximum absolute atomic E-state index is 9.02. The predicted octanol–water partition coefficient (Wildman–Crippen LogP) is -0.0229. The molecule has 0 saturated heterocycles. The molecule has 0 amide bonds. The third-order valence-electron chi connectivity index (χ3n) is 2.44. The van der Waals surface area contributed by atoms with Crippen molar-refractivity contribution < 1.29 is 10.2 Å². The van der Waals surface area contributed by atoms with Crippen LogP contribution in [0.4, 0.5) is 11.5 Å². The molecule has 0 radical (unpaired) electrons. The molecule has 1 aromatic heterocycles. The Balaban J connectivity index is 2.40. The summed E-state index contributed by atoms with van der Waals surface area (Å²) < 4.78 is 0. The van der Waals surface area contributed by atoms with Crippen molar-refractivity contribution in [2.75, 3.05) is 24.3 Å². The fourth-order valence-electron chi connectivity index (χ4n) is 1.53. The molecule has 0 spiro atoms. The van der Waals surface area contributed by atoms with Gasteiger partial charge in [0.1, 0.15) is 12.1 Å². The second kappa shape index (κ2) is 4.94. The highest BCUT2D eigenvalue weighted by atomic mass is 16.3. The summed E-state index contributed by atoms with van der Waals surface area (Å²) in [5, 5.41) is 21.8. The number of fused-ring (bicyclic) bond motifs is 1. The van der Waals surface area contributed by atoms with E-state index in [0.29, 0.717) is 11.5 Å². The number of benzene rings is 1. The lowest BCUT2D eigenvalue weighted by molar-refractivity contribution is 0.203. The smallest absolute Gasteiger partial charge is 0.137 e. The lowest BCUT2D eigenvalue weighted by Gasteiger charge is -2.15. The van der Waals surface area contributed by atoms with E-state index in [9.17, 15) is 0 Å². The van der Waals surface area contributed by atoms with Gasteiger partial charge in [-0.1, -0.05) is 0 Å². The minimum atomic E-state index is -0.439. The average Bonchev–Trinajstić information content (AvgIpc) is 2.35. The van der Waals surface area contributed by atoms with Crippen LogP contribution in [0.5, 0.6) is 0 Å². The number of nitrogen functional groups attached to an aromatic ring is 1. The molecule has 6 nitrogen and oxygen atoms in total. The fourth-order valence-corrected chi connectivity index (χ4v) is 1.53. The molecule has 90 valence electrons. The van der Waals surface area contributed by atoms with E-state index in [1.165, 1.54) is 6.33 Å². The van der Waals surface area contributed by atoms with Gasteiger partial charge in [0.2, 0.25) is 0 Å². The van der Waals surface area contributed by atoms with Gasteiger partial charge in [0.25, 0.3) is 0 Å². The molecule has 5 N–H and O–H groups in total. The Kier molecular flexibility index (Phi) is 3.36.